The van der Waals surface area contributed by atoms with E-state index in [9.17, 15) is 9.59 Å². The number of aliphatic hydroxyl groups excluding tert-OH is 1. The number of hydrogen-bond acceptors (Lipinski definition) is 4. The van der Waals surface area contributed by atoms with Crippen molar-refractivity contribution in [3.63, 3.8) is 0 Å². The zero-order chi connectivity index (χ0) is 13.5. The summed E-state index contributed by atoms with van der Waals surface area (Å²) in [4.78, 5) is 26.4. The van der Waals surface area contributed by atoms with Crippen molar-refractivity contribution < 1.29 is 19.8 Å². The highest BCUT2D eigenvalue weighted by molar-refractivity contribution is 6.03. The third kappa shape index (κ3) is 4.14. The van der Waals surface area contributed by atoms with E-state index in [4.69, 9.17) is 10.2 Å². The standard InChI is InChI=1S/C12H16N2O4/c1-8(15)4-2-7-14-11(16)10-9(12(17)18)5-3-6-13-10/h3,5-6,8,15H,2,4,7H2,1H3,(H,14,16)(H,17,18). The summed E-state index contributed by atoms with van der Waals surface area (Å²) in [6.07, 6.45) is 2.16. The van der Waals surface area contributed by atoms with E-state index in [-0.39, 0.29) is 11.3 Å². The van der Waals surface area contributed by atoms with E-state index < -0.39 is 18.0 Å². The van der Waals surface area contributed by atoms with Gasteiger partial charge in [-0.05, 0) is 31.9 Å². The monoisotopic (exact) mass is 252 g/mol. The molecule has 0 saturated heterocycles. The van der Waals surface area contributed by atoms with Crippen LogP contribution in [0.2, 0.25) is 0 Å². The molecule has 0 aliphatic carbocycles. The summed E-state index contributed by atoms with van der Waals surface area (Å²) in [6.45, 7) is 2.04. The lowest BCUT2D eigenvalue weighted by molar-refractivity contribution is 0.0690. The van der Waals surface area contributed by atoms with Gasteiger partial charge in [0, 0.05) is 12.7 Å². The fraction of sp³-hybridized carbons (Fsp3) is 0.417. The number of pyridine rings is 1. The second-order valence-corrected chi connectivity index (χ2v) is 3.95. The van der Waals surface area contributed by atoms with E-state index in [1.807, 2.05) is 0 Å². The second kappa shape index (κ2) is 6.70. The molecule has 0 bridgehead atoms. The van der Waals surface area contributed by atoms with Gasteiger partial charge in [-0.1, -0.05) is 0 Å². The van der Waals surface area contributed by atoms with Gasteiger partial charge in [0.15, 0.2) is 0 Å². The normalized spacial score (nSPS) is 11.9. The van der Waals surface area contributed by atoms with E-state index in [2.05, 4.69) is 10.3 Å². The van der Waals surface area contributed by atoms with Crippen molar-refractivity contribution >= 4 is 11.9 Å². The second-order valence-electron chi connectivity index (χ2n) is 3.95. The molecule has 1 aromatic rings. The number of nitrogens with zero attached hydrogens (tertiary/aromatic N) is 1. The Bertz CT molecular complexity index is 432. The van der Waals surface area contributed by atoms with Gasteiger partial charge >= 0.3 is 5.97 Å². The van der Waals surface area contributed by atoms with Crippen molar-refractivity contribution in [2.75, 3.05) is 6.54 Å². The molecule has 1 atom stereocenters. The van der Waals surface area contributed by atoms with Crippen molar-refractivity contribution in [3.8, 4) is 0 Å². The zero-order valence-corrected chi connectivity index (χ0v) is 10.1. The first-order chi connectivity index (χ1) is 8.52. The van der Waals surface area contributed by atoms with E-state index in [1.165, 1.54) is 18.3 Å². The molecule has 6 heteroatoms. The molecule has 0 radical (unpaired) electrons. The van der Waals surface area contributed by atoms with E-state index in [1.54, 1.807) is 6.92 Å². The molecule has 3 N–H and O–H groups in total. The molecule has 18 heavy (non-hydrogen) atoms. The predicted octanol–water partition coefficient (Wildman–Crippen LogP) is 0.671. The van der Waals surface area contributed by atoms with Crippen LogP contribution in [0.5, 0.6) is 0 Å². The molecule has 0 aliphatic rings. The van der Waals surface area contributed by atoms with Crippen LogP contribution in [0.3, 0.4) is 0 Å². The molecule has 0 aliphatic heterocycles. The lowest BCUT2D eigenvalue weighted by atomic mass is 10.2. The molecule has 6 nitrogen and oxygen atoms in total. The van der Waals surface area contributed by atoms with Gasteiger partial charge in [-0.15, -0.1) is 0 Å². The Morgan fingerprint density at radius 3 is 2.83 bits per heavy atom. The third-order valence-electron chi connectivity index (χ3n) is 2.34. The van der Waals surface area contributed by atoms with Crippen LogP contribution in [0.15, 0.2) is 18.3 Å². The van der Waals surface area contributed by atoms with Crippen LogP contribution in [0.25, 0.3) is 0 Å². The first-order valence-electron chi connectivity index (χ1n) is 5.67. The molecule has 0 aromatic carbocycles. The van der Waals surface area contributed by atoms with Gasteiger partial charge in [0.05, 0.1) is 11.7 Å². The molecule has 0 fully saturated rings. The summed E-state index contributed by atoms with van der Waals surface area (Å²) in [5.41, 5.74) is -0.215. The Balaban J connectivity index is 2.59. The first kappa shape index (κ1) is 14.1. The van der Waals surface area contributed by atoms with Crippen molar-refractivity contribution in [2.45, 2.75) is 25.9 Å². The third-order valence-corrected chi connectivity index (χ3v) is 2.34. The van der Waals surface area contributed by atoms with Gasteiger partial charge in [-0.25, -0.2) is 4.79 Å². The molecule has 0 saturated carbocycles. The molecule has 1 rings (SSSR count). The fourth-order valence-electron chi connectivity index (χ4n) is 1.44. The lowest BCUT2D eigenvalue weighted by Gasteiger charge is -2.07. The Hall–Kier alpha value is -1.95. The summed E-state index contributed by atoms with van der Waals surface area (Å²) in [6, 6.07) is 2.80. The number of carboxylic acid groups (broad SMARTS) is 1. The predicted molar refractivity (Wildman–Crippen MR) is 64.4 cm³/mol. The quantitative estimate of drug-likeness (QED) is 0.646. The fourth-order valence-corrected chi connectivity index (χ4v) is 1.44. The number of carboxylic acids is 1. The number of aromatic nitrogens is 1. The van der Waals surface area contributed by atoms with Gasteiger partial charge < -0.3 is 15.5 Å². The lowest BCUT2D eigenvalue weighted by Crippen LogP contribution is -2.27. The Morgan fingerprint density at radius 1 is 1.50 bits per heavy atom. The average Bonchev–Trinajstić information content (AvgIpc) is 2.34. The Labute approximate surface area is 105 Å². The minimum Gasteiger partial charge on any atom is -0.478 e. The molecular formula is C12H16N2O4. The number of carbonyl (C=O) groups is 2. The number of amides is 1. The average molecular weight is 252 g/mol. The SMILES string of the molecule is CC(O)CCCNC(=O)c1ncccc1C(=O)O. The van der Waals surface area contributed by atoms with Crippen molar-refractivity contribution in [3.05, 3.63) is 29.6 Å². The maximum Gasteiger partial charge on any atom is 0.338 e. The number of carbonyl (C=O) groups excluding carboxylic acids is 1. The smallest absolute Gasteiger partial charge is 0.338 e. The minimum atomic E-state index is -1.18. The molecule has 98 valence electrons. The van der Waals surface area contributed by atoms with Gasteiger partial charge in [0.1, 0.15) is 5.69 Å². The topological polar surface area (TPSA) is 99.5 Å². The highest BCUT2D eigenvalue weighted by Gasteiger charge is 2.16. The molecule has 0 spiro atoms. The van der Waals surface area contributed by atoms with Crippen LogP contribution in [0.4, 0.5) is 0 Å². The summed E-state index contributed by atoms with van der Waals surface area (Å²) in [5.74, 6) is -1.70. The number of nitrogens with one attached hydrogen (secondary N) is 1. The summed E-state index contributed by atoms with van der Waals surface area (Å²) < 4.78 is 0. The maximum absolute atomic E-state index is 11.7. The largest absolute Gasteiger partial charge is 0.478 e. The molecule has 1 amide bonds. The molecule has 1 heterocycles. The Morgan fingerprint density at radius 2 is 2.22 bits per heavy atom. The van der Waals surface area contributed by atoms with Gasteiger partial charge in [-0.3, -0.25) is 9.78 Å². The number of rotatable bonds is 6. The minimum absolute atomic E-state index is 0.0953. The van der Waals surface area contributed by atoms with Gasteiger partial charge in [0.25, 0.3) is 5.91 Å². The van der Waals surface area contributed by atoms with Crippen LogP contribution in [0.1, 0.15) is 40.6 Å². The highest BCUT2D eigenvalue weighted by Crippen LogP contribution is 2.05. The summed E-state index contributed by atoms with van der Waals surface area (Å²) >= 11 is 0. The number of aliphatic hydroxyl groups is 1. The van der Waals surface area contributed by atoms with Crippen LogP contribution in [-0.2, 0) is 0 Å². The van der Waals surface area contributed by atoms with Crippen LogP contribution >= 0.6 is 0 Å². The number of hydrogen-bond donors (Lipinski definition) is 3. The van der Waals surface area contributed by atoms with Crippen LogP contribution in [-0.4, -0.2) is 39.7 Å². The Kier molecular flexibility index (Phi) is 5.26. The van der Waals surface area contributed by atoms with Crippen LogP contribution in [0, 0.1) is 0 Å². The van der Waals surface area contributed by atoms with Gasteiger partial charge in [0.2, 0.25) is 0 Å². The number of aromatic carboxylic acids is 1. The summed E-state index contributed by atoms with van der Waals surface area (Å²) in [5, 5.41) is 20.5. The van der Waals surface area contributed by atoms with Crippen LogP contribution < -0.4 is 5.32 Å². The van der Waals surface area contributed by atoms with E-state index >= 15 is 0 Å². The zero-order valence-electron chi connectivity index (χ0n) is 10.1. The van der Waals surface area contributed by atoms with Crippen molar-refractivity contribution in [1.82, 2.24) is 10.3 Å². The van der Waals surface area contributed by atoms with E-state index in [0.29, 0.717) is 19.4 Å². The van der Waals surface area contributed by atoms with Crippen molar-refractivity contribution in [2.24, 2.45) is 0 Å². The first-order valence-corrected chi connectivity index (χ1v) is 5.67. The molecule has 1 aromatic heterocycles. The molecular weight excluding hydrogens is 236 g/mol. The molecule has 1 unspecified atom stereocenters. The van der Waals surface area contributed by atoms with Crippen molar-refractivity contribution in [1.29, 1.82) is 0 Å². The van der Waals surface area contributed by atoms with Gasteiger partial charge in [-0.2, -0.15) is 0 Å². The van der Waals surface area contributed by atoms with E-state index in [0.717, 1.165) is 0 Å². The maximum atomic E-state index is 11.7. The highest BCUT2D eigenvalue weighted by atomic mass is 16.4. The summed E-state index contributed by atoms with van der Waals surface area (Å²) in [7, 11) is 0.